The normalized spacial score (nSPS) is 16.6. The topological polar surface area (TPSA) is 0 Å². The molecule has 60 heavy (non-hydrogen) atoms. The molecule has 0 radical (unpaired) electrons. The van der Waals surface area contributed by atoms with Gasteiger partial charge in [0.05, 0.1) is 0 Å². The lowest BCUT2D eigenvalue weighted by molar-refractivity contribution is 0.626. The van der Waals surface area contributed by atoms with Crippen molar-refractivity contribution in [1.82, 2.24) is 0 Å². The highest BCUT2D eigenvalue weighted by molar-refractivity contribution is 6.23. The number of benzene rings is 10. The van der Waals surface area contributed by atoms with Gasteiger partial charge in [-0.05, 0) is 152 Å². The Bertz CT molecular complexity index is 3470. The smallest absolute Gasteiger partial charge is 0.0469 e. The third-order valence-electron chi connectivity index (χ3n) is 14.7. The minimum atomic E-state index is -0.155. The fraction of sp³-hybridized carbons (Fsp3) is 0.100. The first kappa shape index (κ1) is 33.9. The van der Waals surface area contributed by atoms with Gasteiger partial charge in [-0.25, -0.2) is 0 Å². The van der Waals surface area contributed by atoms with Crippen LogP contribution in [0.25, 0.3) is 88.0 Å². The van der Waals surface area contributed by atoms with Crippen molar-refractivity contribution in [3.05, 3.63) is 228 Å². The molecule has 0 heterocycles. The van der Waals surface area contributed by atoms with Gasteiger partial charge < -0.3 is 0 Å². The number of fused-ring (bicyclic) bond motifs is 13. The maximum Gasteiger partial charge on any atom is 0.0469 e. The molecule has 1 spiro atoms. The minimum Gasteiger partial charge on any atom is -0.0620 e. The van der Waals surface area contributed by atoms with Crippen molar-refractivity contribution >= 4 is 32.3 Å². The van der Waals surface area contributed by atoms with Gasteiger partial charge in [0.15, 0.2) is 0 Å². The zero-order valence-corrected chi connectivity index (χ0v) is 33.9. The fourth-order valence-electron chi connectivity index (χ4n) is 12.0. The molecule has 3 aliphatic rings. The molecule has 0 saturated heterocycles. The molecule has 0 N–H and O–H groups in total. The van der Waals surface area contributed by atoms with Crippen molar-refractivity contribution in [2.75, 3.05) is 0 Å². The van der Waals surface area contributed by atoms with Gasteiger partial charge >= 0.3 is 0 Å². The van der Waals surface area contributed by atoms with E-state index in [1.54, 1.807) is 0 Å². The van der Waals surface area contributed by atoms with Gasteiger partial charge in [0.1, 0.15) is 0 Å². The Balaban J connectivity index is 1.13. The first-order chi connectivity index (χ1) is 29.5. The quantitative estimate of drug-likeness (QED) is 0.157. The van der Waals surface area contributed by atoms with Gasteiger partial charge in [0, 0.05) is 10.8 Å². The van der Waals surface area contributed by atoms with Crippen molar-refractivity contribution in [2.24, 2.45) is 0 Å². The van der Waals surface area contributed by atoms with Crippen LogP contribution in [0.4, 0.5) is 0 Å². The van der Waals surface area contributed by atoms with E-state index in [1.807, 2.05) is 0 Å². The van der Waals surface area contributed by atoms with Crippen LogP contribution in [-0.2, 0) is 17.3 Å². The lowest BCUT2D eigenvalue weighted by atomic mass is 9.73. The molecule has 0 nitrogen and oxygen atoms in total. The highest BCUT2D eigenvalue weighted by atomic mass is 14.5. The number of rotatable bonds is 3. The van der Waals surface area contributed by atoms with Crippen LogP contribution in [0.15, 0.2) is 194 Å². The summed E-state index contributed by atoms with van der Waals surface area (Å²) in [6, 6.07) is 74.0. The van der Waals surface area contributed by atoms with Gasteiger partial charge in [-0.3, -0.25) is 0 Å². The Kier molecular flexibility index (Phi) is 6.93. The zero-order chi connectivity index (χ0) is 39.7. The molecule has 10 aromatic carbocycles. The molecule has 0 fully saturated rings. The van der Waals surface area contributed by atoms with E-state index >= 15 is 0 Å². The van der Waals surface area contributed by atoms with E-state index < -0.39 is 0 Å². The summed E-state index contributed by atoms with van der Waals surface area (Å²) in [5.41, 5.74) is 21.5. The second-order valence-electron chi connectivity index (χ2n) is 17.9. The van der Waals surface area contributed by atoms with E-state index in [0.29, 0.717) is 0 Å². The maximum atomic E-state index is 2.58. The van der Waals surface area contributed by atoms with E-state index in [9.17, 15) is 0 Å². The molecule has 0 saturated carbocycles. The summed E-state index contributed by atoms with van der Waals surface area (Å²) in [5, 5.41) is 7.67. The van der Waals surface area contributed by atoms with Gasteiger partial charge in [-0.1, -0.05) is 190 Å². The molecule has 0 amide bonds. The Morgan fingerprint density at radius 3 is 1.80 bits per heavy atom. The molecule has 0 bridgehead atoms. The second-order valence-corrected chi connectivity index (χ2v) is 17.9. The van der Waals surface area contributed by atoms with Gasteiger partial charge in [-0.2, -0.15) is 0 Å². The molecule has 1 atom stereocenters. The Labute approximate surface area is 351 Å². The maximum absolute atomic E-state index is 2.58. The Morgan fingerprint density at radius 2 is 0.933 bits per heavy atom. The van der Waals surface area contributed by atoms with Crippen LogP contribution >= 0.6 is 0 Å². The van der Waals surface area contributed by atoms with Crippen LogP contribution in [0.2, 0.25) is 0 Å². The van der Waals surface area contributed by atoms with Gasteiger partial charge in [-0.15, -0.1) is 0 Å². The molecular weight excluding hydrogens is 721 g/mol. The number of hydrogen-bond acceptors (Lipinski definition) is 0. The van der Waals surface area contributed by atoms with Crippen LogP contribution < -0.4 is 0 Å². The first-order valence-corrected chi connectivity index (χ1v) is 21.6. The van der Waals surface area contributed by atoms with Crippen molar-refractivity contribution < 1.29 is 0 Å². The van der Waals surface area contributed by atoms with Crippen LogP contribution in [0, 0.1) is 0 Å². The zero-order valence-electron chi connectivity index (χ0n) is 33.9. The van der Waals surface area contributed by atoms with Crippen LogP contribution in [0.3, 0.4) is 0 Å². The number of hydrogen-bond donors (Lipinski definition) is 0. The Morgan fingerprint density at radius 1 is 0.333 bits per heavy atom. The third kappa shape index (κ3) is 4.46. The van der Waals surface area contributed by atoms with Gasteiger partial charge in [0.25, 0.3) is 0 Å². The van der Waals surface area contributed by atoms with Crippen LogP contribution in [0.5, 0.6) is 0 Å². The standard InChI is InChI=1S/C60H42/c1-59(2)52-23-11-9-20-48(52)58-49(21-13-25-54(58)59)57-46-19-7-6-18-45(46)56(47-31-28-41(35-50(47)57)40-27-26-37-14-3-4-16-39(37)34-40)42-29-30-44-43-17-8-12-24-53(43)60(55(44)36-42)33-32-38-15-5-10-22-51(38)60/h3-31,34-36H,32-33H2,1-2H3. The van der Waals surface area contributed by atoms with E-state index in [0.717, 1.165) is 12.8 Å². The molecule has 0 aromatic heterocycles. The highest BCUT2D eigenvalue weighted by Crippen LogP contribution is 2.60. The molecule has 0 heteroatoms. The highest BCUT2D eigenvalue weighted by Gasteiger charge is 2.48. The summed E-state index contributed by atoms with van der Waals surface area (Å²) < 4.78 is 0. The SMILES string of the molecule is CC1(C)c2ccccc2-c2c(-c3c4ccccc4c(-c4ccc5c(c4)C4(CCc6ccccc64)c4ccccc4-5)c4ccc(-c5ccc6ccccc6c5)cc34)cccc21. The lowest BCUT2D eigenvalue weighted by Gasteiger charge is -2.29. The number of aryl methyl sites for hydroxylation is 1. The van der Waals surface area contributed by atoms with Crippen molar-refractivity contribution in [3.63, 3.8) is 0 Å². The summed E-state index contributed by atoms with van der Waals surface area (Å²) in [5.74, 6) is 0. The monoisotopic (exact) mass is 762 g/mol. The van der Waals surface area contributed by atoms with E-state index in [2.05, 4.69) is 208 Å². The summed E-state index contributed by atoms with van der Waals surface area (Å²) in [6.45, 7) is 4.78. The van der Waals surface area contributed by atoms with Crippen molar-refractivity contribution in [2.45, 2.75) is 37.5 Å². The Hall–Kier alpha value is -7.02. The van der Waals surface area contributed by atoms with Gasteiger partial charge in [0.2, 0.25) is 0 Å². The third-order valence-corrected chi connectivity index (χ3v) is 14.7. The summed E-state index contributed by atoms with van der Waals surface area (Å²) >= 11 is 0. The van der Waals surface area contributed by atoms with E-state index in [1.165, 1.54) is 121 Å². The molecule has 282 valence electrons. The average molecular weight is 763 g/mol. The van der Waals surface area contributed by atoms with E-state index in [4.69, 9.17) is 0 Å². The molecule has 13 rings (SSSR count). The predicted molar refractivity (Wildman–Crippen MR) is 253 cm³/mol. The molecule has 3 aliphatic carbocycles. The fourth-order valence-corrected chi connectivity index (χ4v) is 12.0. The molecular formula is C60H42. The summed E-state index contributed by atoms with van der Waals surface area (Å²) in [6.07, 6.45) is 2.18. The van der Waals surface area contributed by atoms with Crippen molar-refractivity contribution in [1.29, 1.82) is 0 Å². The second kappa shape index (κ2) is 12.3. The van der Waals surface area contributed by atoms with Crippen LogP contribution in [0.1, 0.15) is 53.6 Å². The molecule has 0 aliphatic heterocycles. The van der Waals surface area contributed by atoms with Crippen molar-refractivity contribution in [3.8, 4) is 55.6 Å². The average Bonchev–Trinajstić information content (AvgIpc) is 3.91. The molecule has 1 unspecified atom stereocenters. The molecule has 10 aromatic rings. The summed E-state index contributed by atoms with van der Waals surface area (Å²) in [7, 11) is 0. The predicted octanol–water partition coefficient (Wildman–Crippen LogP) is 15.7. The summed E-state index contributed by atoms with van der Waals surface area (Å²) in [4.78, 5) is 0. The minimum absolute atomic E-state index is 0.0967. The van der Waals surface area contributed by atoms with E-state index in [-0.39, 0.29) is 10.8 Å². The largest absolute Gasteiger partial charge is 0.0620 e. The first-order valence-electron chi connectivity index (χ1n) is 21.6. The van der Waals surface area contributed by atoms with Crippen LogP contribution in [-0.4, -0.2) is 0 Å². The lowest BCUT2D eigenvalue weighted by Crippen LogP contribution is -2.23.